The number of fused-ring (bicyclic) bond motifs is 1. The minimum absolute atomic E-state index is 0.0585. The van der Waals surface area contributed by atoms with Crippen LogP contribution in [0.3, 0.4) is 0 Å². The van der Waals surface area contributed by atoms with E-state index in [1.807, 2.05) is 12.1 Å². The Labute approximate surface area is 207 Å². The van der Waals surface area contributed by atoms with E-state index < -0.39 is 0 Å². The quantitative estimate of drug-likeness (QED) is 0.291. The van der Waals surface area contributed by atoms with Gasteiger partial charge >= 0.3 is 0 Å². The molecule has 1 atom stereocenters. The predicted molar refractivity (Wildman–Crippen MR) is 143 cm³/mol. The van der Waals surface area contributed by atoms with Gasteiger partial charge in [0.15, 0.2) is 11.5 Å². The van der Waals surface area contributed by atoms with E-state index in [1.54, 1.807) is 14.2 Å². The van der Waals surface area contributed by atoms with Crippen LogP contribution >= 0.6 is 0 Å². The molecule has 0 aliphatic heterocycles. The predicted octanol–water partition coefficient (Wildman–Crippen LogP) is 7.49. The van der Waals surface area contributed by atoms with Crippen molar-refractivity contribution >= 4 is 16.7 Å². The molecule has 4 aromatic rings. The number of nitrogens with one attached hydrogen (secondary N) is 1. The van der Waals surface area contributed by atoms with E-state index in [4.69, 9.17) is 19.4 Å². The second-order valence-electron chi connectivity index (χ2n) is 9.70. The van der Waals surface area contributed by atoms with Gasteiger partial charge in [-0.3, -0.25) is 0 Å². The van der Waals surface area contributed by atoms with Crippen LogP contribution in [-0.4, -0.2) is 24.2 Å². The summed E-state index contributed by atoms with van der Waals surface area (Å²) in [5, 5.41) is 4.60. The smallest absolute Gasteiger partial charge is 0.162 e. The normalized spacial score (nSPS) is 14.2. The Bertz CT molecular complexity index is 1340. The molecule has 35 heavy (non-hydrogen) atoms. The molecule has 5 heteroatoms. The molecule has 1 aliphatic rings. The van der Waals surface area contributed by atoms with Crippen LogP contribution in [0.25, 0.3) is 22.0 Å². The first kappa shape index (κ1) is 23.2. The fourth-order valence-corrected chi connectivity index (χ4v) is 4.44. The Morgan fingerprint density at radius 3 is 2.17 bits per heavy atom. The summed E-state index contributed by atoms with van der Waals surface area (Å²) in [6.07, 6.45) is 2.29. The van der Waals surface area contributed by atoms with Gasteiger partial charge in [0.2, 0.25) is 0 Å². The lowest BCUT2D eigenvalue weighted by atomic mass is 9.97. The zero-order valence-corrected chi connectivity index (χ0v) is 21.1. The molecule has 5 nitrogen and oxygen atoms in total. The summed E-state index contributed by atoms with van der Waals surface area (Å²) in [5.41, 5.74) is 5.87. The van der Waals surface area contributed by atoms with Crippen molar-refractivity contribution in [3.63, 3.8) is 0 Å². The van der Waals surface area contributed by atoms with Crippen molar-refractivity contribution in [1.29, 1.82) is 0 Å². The van der Waals surface area contributed by atoms with Crippen LogP contribution in [0.5, 0.6) is 11.5 Å². The van der Waals surface area contributed by atoms with Gasteiger partial charge in [0.05, 0.1) is 19.7 Å². The number of nitrogens with zero attached hydrogens (tertiary/aromatic N) is 2. The minimum Gasteiger partial charge on any atom is -0.493 e. The lowest BCUT2D eigenvalue weighted by molar-refractivity contribution is 0.356. The summed E-state index contributed by atoms with van der Waals surface area (Å²) in [7, 11) is 3.30. The zero-order chi connectivity index (χ0) is 24.5. The van der Waals surface area contributed by atoms with Crippen molar-refractivity contribution in [1.82, 2.24) is 9.97 Å². The molecule has 1 N–H and O–H groups in total. The Morgan fingerprint density at radius 1 is 0.800 bits per heavy atom. The van der Waals surface area contributed by atoms with Crippen molar-refractivity contribution < 1.29 is 9.47 Å². The molecule has 180 valence electrons. The van der Waals surface area contributed by atoms with Crippen LogP contribution in [0.1, 0.15) is 68.4 Å². The van der Waals surface area contributed by atoms with E-state index in [0.717, 1.165) is 35.4 Å². The van der Waals surface area contributed by atoms with Gasteiger partial charge in [0, 0.05) is 23.4 Å². The van der Waals surface area contributed by atoms with E-state index in [1.165, 1.54) is 22.3 Å². The summed E-state index contributed by atoms with van der Waals surface area (Å²) >= 11 is 0. The van der Waals surface area contributed by atoms with E-state index in [-0.39, 0.29) is 6.04 Å². The summed E-state index contributed by atoms with van der Waals surface area (Å²) < 4.78 is 11.1. The molecule has 1 heterocycles. The van der Waals surface area contributed by atoms with Gasteiger partial charge in [-0.2, -0.15) is 0 Å². The van der Waals surface area contributed by atoms with E-state index in [0.29, 0.717) is 23.3 Å². The van der Waals surface area contributed by atoms with Gasteiger partial charge in [-0.1, -0.05) is 56.3 Å². The minimum atomic E-state index is 0.0585. The average Bonchev–Trinajstić information content (AvgIpc) is 3.73. The van der Waals surface area contributed by atoms with Crippen LogP contribution < -0.4 is 14.8 Å². The number of rotatable bonds is 8. The van der Waals surface area contributed by atoms with Gasteiger partial charge in [-0.15, -0.1) is 0 Å². The third kappa shape index (κ3) is 4.81. The Morgan fingerprint density at radius 2 is 1.51 bits per heavy atom. The summed E-state index contributed by atoms with van der Waals surface area (Å²) in [6, 6.07) is 21.6. The molecule has 5 rings (SSSR count). The fraction of sp³-hybridized carbons (Fsp3) is 0.333. The zero-order valence-electron chi connectivity index (χ0n) is 21.1. The third-order valence-corrected chi connectivity index (χ3v) is 6.81. The Hall–Kier alpha value is -3.60. The number of anilines is 1. The maximum absolute atomic E-state index is 5.56. The van der Waals surface area contributed by atoms with Gasteiger partial charge in [0.25, 0.3) is 0 Å². The highest BCUT2D eigenvalue weighted by atomic mass is 16.5. The van der Waals surface area contributed by atoms with Gasteiger partial charge in [-0.05, 0) is 60.1 Å². The molecule has 0 saturated heterocycles. The molecular formula is C30H33N3O2. The van der Waals surface area contributed by atoms with E-state index >= 15 is 0 Å². The standard InChI is InChI=1S/C30H33N3O2/c1-18(2)20-9-11-21(12-10-20)24-8-6-7-23(15-24)19(3)31-30-25-16-27(34-4)28(35-5)17-26(25)32-29(33-30)22-13-14-22/h6-12,15-19,22H,13-14H2,1-5H3,(H,31,32,33). The van der Waals surface area contributed by atoms with Crippen molar-refractivity contribution in [3.05, 3.63) is 77.6 Å². The average molecular weight is 468 g/mol. The first-order valence-electron chi connectivity index (χ1n) is 12.4. The van der Waals surface area contributed by atoms with E-state index in [9.17, 15) is 0 Å². The lowest BCUT2D eigenvalue weighted by Crippen LogP contribution is -2.10. The number of hydrogen-bond acceptors (Lipinski definition) is 5. The van der Waals surface area contributed by atoms with Gasteiger partial charge in [-0.25, -0.2) is 9.97 Å². The topological polar surface area (TPSA) is 56.3 Å². The summed E-state index contributed by atoms with van der Waals surface area (Å²) in [5.74, 6) is 4.05. The number of ether oxygens (including phenoxy) is 2. The molecule has 1 aliphatic carbocycles. The molecule has 1 saturated carbocycles. The van der Waals surface area contributed by atoms with Crippen molar-refractivity contribution in [2.45, 2.75) is 51.5 Å². The second-order valence-corrected chi connectivity index (χ2v) is 9.70. The highest BCUT2D eigenvalue weighted by Crippen LogP contribution is 2.41. The lowest BCUT2D eigenvalue weighted by Gasteiger charge is -2.19. The van der Waals surface area contributed by atoms with Crippen LogP contribution in [0.15, 0.2) is 60.7 Å². The fourth-order valence-electron chi connectivity index (χ4n) is 4.44. The summed E-state index contributed by atoms with van der Waals surface area (Å²) in [6.45, 7) is 6.62. The highest BCUT2D eigenvalue weighted by molar-refractivity contribution is 5.92. The Kier molecular flexibility index (Phi) is 6.33. The number of hydrogen-bond donors (Lipinski definition) is 1. The number of aromatic nitrogens is 2. The second kappa shape index (κ2) is 9.57. The third-order valence-electron chi connectivity index (χ3n) is 6.81. The molecule has 1 fully saturated rings. The van der Waals surface area contributed by atoms with Crippen LogP contribution in [0, 0.1) is 0 Å². The van der Waals surface area contributed by atoms with E-state index in [2.05, 4.69) is 74.6 Å². The van der Waals surface area contributed by atoms with Crippen molar-refractivity contribution in [3.8, 4) is 22.6 Å². The molecule has 0 amide bonds. The van der Waals surface area contributed by atoms with Crippen LogP contribution in [0.4, 0.5) is 5.82 Å². The maximum Gasteiger partial charge on any atom is 0.162 e. The molecular weight excluding hydrogens is 434 g/mol. The molecule has 3 aromatic carbocycles. The molecule has 1 aromatic heterocycles. The highest BCUT2D eigenvalue weighted by Gasteiger charge is 2.28. The SMILES string of the molecule is COc1cc2nc(C3CC3)nc(NC(C)c3cccc(-c4ccc(C(C)C)cc4)c3)c2cc1OC. The molecule has 0 bridgehead atoms. The molecule has 1 unspecified atom stereocenters. The number of methoxy groups -OCH3 is 2. The number of benzene rings is 3. The largest absolute Gasteiger partial charge is 0.493 e. The first-order chi connectivity index (χ1) is 17.0. The molecule has 0 radical (unpaired) electrons. The van der Waals surface area contributed by atoms with Crippen LogP contribution in [0.2, 0.25) is 0 Å². The summed E-state index contributed by atoms with van der Waals surface area (Å²) in [4.78, 5) is 9.80. The van der Waals surface area contributed by atoms with Gasteiger partial charge in [0.1, 0.15) is 11.6 Å². The van der Waals surface area contributed by atoms with Crippen molar-refractivity contribution in [2.24, 2.45) is 0 Å². The van der Waals surface area contributed by atoms with Crippen molar-refractivity contribution in [2.75, 3.05) is 19.5 Å². The van der Waals surface area contributed by atoms with Gasteiger partial charge < -0.3 is 14.8 Å². The molecule has 0 spiro atoms. The maximum atomic E-state index is 5.56. The Balaban J connectivity index is 1.48. The van der Waals surface area contributed by atoms with Crippen LogP contribution in [-0.2, 0) is 0 Å². The first-order valence-corrected chi connectivity index (χ1v) is 12.4. The monoisotopic (exact) mass is 467 g/mol.